The van der Waals surface area contributed by atoms with Gasteiger partial charge in [0.2, 0.25) is 0 Å². The van der Waals surface area contributed by atoms with Gasteiger partial charge in [0.05, 0.1) is 19.9 Å². The molecule has 1 aromatic carbocycles. The van der Waals surface area contributed by atoms with E-state index in [1.807, 2.05) is 36.9 Å². The van der Waals surface area contributed by atoms with Crippen molar-refractivity contribution < 1.29 is 14.3 Å². The Bertz CT molecular complexity index is 829. The highest BCUT2D eigenvalue weighted by molar-refractivity contribution is 7.17. The Hall–Kier alpha value is -1.54. The molecule has 1 aliphatic heterocycles. The second kappa shape index (κ2) is 11.0. The van der Waals surface area contributed by atoms with E-state index in [1.165, 1.54) is 11.3 Å². The van der Waals surface area contributed by atoms with Gasteiger partial charge in [-0.05, 0) is 50.8 Å². The zero-order chi connectivity index (χ0) is 19.6. The maximum absolute atomic E-state index is 13.1. The van der Waals surface area contributed by atoms with Crippen LogP contribution in [0.5, 0.6) is 11.5 Å². The van der Waals surface area contributed by atoms with Gasteiger partial charge in [0, 0.05) is 24.7 Å². The van der Waals surface area contributed by atoms with E-state index < -0.39 is 0 Å². The van der Waals surface area contributed by atoms with Crippen LogP contribution in [0, 0.1) is 12.8 Å². The number of nitrogens with two attached hydrogens (primary N) is 1. The van der Waals surface area contributed by atoms with E-state index in [2.05, 4.69) is 4.98 Å². The second-order valence-electron chi connectivity index (χ2n) is 7.02. The first-order valence-electron chi connectivity index (χ1n) is 9.19. The summed E-state index contributed by atoms with van der Waals surface area (Å²) in [6, 6.07) is 5.77. The number of piperidine rings is 1. The SMILES string of the molecule is COc1ccc(-c2nc(C)c(C(=O)N3CCCC(C(C)N)C3)s2)cc1OC.Cl.Cl. The molecule has 162 valence electrons. The van der Waals surface area contributed by atoms with Crippen LogP contribution in [-0.2, 0) is 0 Å². The molecule has 2 N–H and O–H groups in total. The predicted octanol–water partition coefficient (Wildman–Crippen LogP) is 4.18. The minimum atomic E-state index is 0. The molecular formula is C20H29Cl2N3O3S. The average Bonchev–Trinajstić information content (AvgIpc) is 3.08. The molecule has 2 heterocycles. The number of halogens is 2. The van der Waals surface area contributed by atoms with Crippen molar-refractivity contribution >= 4 is 42.1 Å². The maximum Gasteiger partial charge on any atom is 0.265 e. The van der Waals surface area contributed by atoms with E-state index in [-0.39, 0.29) is 36.8 Å². The van der Waals surface area contributed by atoms with Gasteiger partial charge in [0.1, 0.15) is 9.88 Å². The van der Waals surface area contributed by atoms with E-state index in [9.17, 15) is 4.79 Å². The summed E-state index contributed by atoms with van der Waals surface area (Å²) in [6.07, 6.45) is 2.08. The summed E-state index contributed by atoms with van der Waals surface area (Å²) in [5, 5.41) is 0.803. The standard InChI is InChI=1S/C20H27N3O3S.2ClH/c1-12(21)15-6-5-9-23(11-15)20(24)18-13(2)22-19(27-18)14-7-8-16(25-3)17(10-14)26-4;;/h7-8,10,12,15H,5-6,9,11,21H2,1-4H3;2*1H. The first kappa shape index (κ1) is 25.5. The quantitative estimate of drug-likeness (QED) is 0.722. The van der Waals surface area contributed by atoms with Crippen LogP contribution in [0.4, 0.5) is 0 Å². The van der Waals surface area contributed by atoms with E-state index >= 15 is 0 Å². The lowest BCUT2D eigenvalue weighted by molar-refractivity contribution is 0.0665. The summed E-state index contributed by atoms with van der Waals surface area (Å²) in [5.41, 5.74) is 7.73. The summed E-state index contributed by atoms with van der Waals surface area (Å²) in [6.45, 7) is 5.41. The summed E-state index contributed by atoms with van der Waals surface area (Å²) in [5.74, 6) is 1.73. The van der Waals surface area contributed by atoms with Crippen molar-refractivity contribution in [2.24, 2.45) is 11.7 Å². The van der Waals surface area contributed by atoms with Crippen LogP contribution in [0.3, 0.4) is 0 Å². The maximum atomic E-state index is 13.1. The zero-order valence-electron chi connectivity index (χ0n) is 17.1. The number of rotatable bonds is 5. The largest absolute Gasteiger partial charge is 0.493 e. The van der Waals surface area contributed by atoms with E-state index in [4.69, 9.17) is 15.2 Å². The molecule has 9 heteroatoms. The van der Waals surface area contributed by atoms with Gasteiger partial charge < -0.3 is 20.1 Å². The van der Waals surface area contributed by atoms with Crippen molar-refractivity contribution in [3.63, 3.8) is 0 Å². The van der Waals surface area contributed by atoms with Gasteiger partial charge in [-0.25, -0.2) is 4.98 Å². The molecule has 0 saturated carbocycles. The fraction of sp³-hybridized carbons (Fsp3) is 0.500. The van der Waals surface area contributed by atoms with Crippen molar-refractivity contribution in [2.75, 3.05) is 27.3 Å². The van der Waals surface area contributed by atoms with Crippen LogP contribution >= 0.6 is 36.2 Å². The number of carbonyl (C=O) groups excluding carboxylic acids is 1. The van der Waals surface area contributed by atoms with Gasteiger partial charge in [0.15, 0.2) is 11.5 Å². The van der Waals surface area contributed by atoms with Crippen molar-refractivity contribution in [3.05, 3.63) is 28.8 Å². The highest BCUT2D eigenvalue weighted by Crippen LogP contribution is 2.35. The van der Waals surface area contributed by atoms with Crippen molar-refractivity contribution in [2.45, 2.75) is 32.7 Å². The topological polar surface area (TPSA) is 77.7 Å². The third kappa shape index (κ3) is 5.54. The number of carbonyl (C=O) groups is 1. The molecule has 1 aliphatic rings. The molecule has 3 rings (SSSR count). The molecule has 2 aromatic rings. The zero-order valence-corrected chi connectivity index (χ0v) is 19.6. The Morgan fingerprint density at radius 2 is 1.97 bits per heavy atom. The molecule has 0 radical (unpaired) electrons. The number of ether oxygens (including phenoxy) is 2. The molecule has 0 spiro atoms. The Morgan fingerprint density at radius 3 is 2.59 bits per heavy atom. The van der Waals surface area contributed by atoms with Crippen LogP contribution in [0.15, 0.2) is 18.2 Å². The van der Waals surface area contributed by atoms with Gasteiger partial charge in [-0.3, -0.25) is 4.79 Å². The average molecular weight is 462 g/mol. The summed E-state index contributed by atoms with van der Waals surface area (Å²) in [4.78, 5) is 20.3. The number of aromatic nitrogens is 1. The van der Waals surface area contributed by atoms with Crippen molar-refractivity contribution in [1.29, 1.82) is 0 Å². The molecule has 2 unspecified atom stereocenters. The van der Waals surface area contributed by atoms with E-state index in [1.54, 1.807) is 14.2 Å². The first-order valence-corrected chi connectivity index (χ1v) is 10.0. The molecular weight excluding hydrogens is 433 g/mol. The molecule has 29 heavy (non-hydrogen) atoms. The van der Waals surface area contributed by atoms with Crippen molar-refractivity contribution in [1.82, 2.24) is 9.88 Å². The third-order valence-corrected chi connectivity index (χ3v) is 6.30. The van der Waals surface area contributed by atoms with Crippen LogP contribution < -0.4 is 15.2 Å². The summed E-state index contributed by atoms with van der Waals surface area (Å²) < 4.78 is 10.7. The normalized spacial score (nSPS) is 17.0. The highest BCUT2D eigenvalue weighted by Gasteiger charge is 2.28. The smallest absolute Gasteiger partial charge is 0.265 e. The second-order valence-corrected chi connectivity index (χ2v) is 8.01. The monoisotopic (exact) mass is 461 g/mol. The van der Waals surface area contributed by atoms with Gasteiger partial charge in [-0.15, -0.1) is 36.2 Å². The molecule has 0 bridgehead atoms. The van der Waals surface area contributed by atoms with Gasteiger partial charge in [-0.2, -0.15) is 0 Å². The molecule has 0 aliphatic carbocycles. The number of benzene rings is 1. The number of hydrogen-bond donors (Lipinski definition) is 1. The molecule has 1 aromatic heterocycles. The Kier molecular flexibility index (Phi) is 9.68. The fourth-order valence-electron chi connectivity index (χ4n) is 3.45. The number of methoxy groups -OCH3 is 2. The van der Waals surface area contributed by atoms with Crippen LogP contribution in [0.1, 0.15) is 35.1 Å². The Morgan fingerprint density at radius 1 is 1.28 bits per heavy atom. The lowest BCUT2D eigenvalue weighted by atomic mass is 9.92. The molecule has 6 nitrogen and oxygen atoms in total. The van der Waals surface area contributed by atoms with E-state index in [0.29, 0.717) is 22.3 Å². The first-order chi connectivity index (χ1) is 12.9. The number of nitrogens with zero attached hydrogens (tertiary/aromatic N) is 2. The number of aryl methyl sites for hydroxylation is 1. The van der Waals surface area contributed by atoms with E-state index in [0.717, 1.165) is 42.2 Å². The third-order valence-electron chi connectivity index (χ3n) is 5.11. The number of hydrogen-bond acceptors (Lipinski definition) is 6. The van der Waals surface area contributed by atoms with Gasteiger partial charge >= 0.3 is 0 Å². The number of thiazole rings is 1. The highest BCUT2D eigenvalue weighted by atomic mass is 35.5. The van der Waals surface area contributed by atoms with Gasteiger partial charge in [-0.1, -0.05) is 0 Å². The molecule has 1 saturated heterocycles. The lowest BCUT2D eigenvalue weighted by Gasteiger charge is -2.34. The predicted molar refractivity (Wildman–Crippen MR) is 122 cm³/mol. The Balaban J connectivity index is 0.00000210. The van der Waals surface area contributed by atoms with Crippen LogP contribution in [0.25, 0.3) is 10.6 Å². The van der Waals surface area contributed by atoms with Crippen LogP contribution in [0.2, 0.25) is 0 Å². The minimum absolute atomic E-state index is 0. The molecule has 1 fully saturated rings. The molecule has 2 atom stereocenters. The number of amides is 1. The fourth-order valence-corrected chi connectivity index (χ4v) is 4.49. The summed E-state index contributed by atoms with van der Waals surface area (Å²) in [7, 11) is 3.21. The Labute approximate surface area is 188 Å². The molecule has 1 amide bonds. The summed E-state index contributed by atoms with van der Waals surface area (Å²) >= 11 is 1.43. The van der Waals surface area contributed by atoms with Gasteiger partial charge in [0.25, 0.3) is 5.91 Å². The van der Waals surface area contributed by atoms with Crippen molar-refractivity contribution in [3.8, 4) is 22.1 Å². The lowest BCUT2D eigenvalue weighted by Crippen LogP contribution is -2.45. The number of likely N-dealkylation sites (tertiary alicyclic amines) is 1. The van der Waals surface area contributed by atoms with Crippen LogP contribution in [-0.4, -0.2) is 49.1 Å². The minimum Gasteiger partial charge on any atom is -0.493 e.